The quantitative estimate of drug-likeness (QED) is 0.404. The van der Waals surface area contributed by atoms with Crippen molar-refractivity contribution in [1.82, 2.24) is 9.55 Å². The van der Waals surface area contributed by atoms with Crippen LogP contribution in [0.2, 0.25) is 5.02 Å². The van der Waals surface area contributed by atoms with Gasteiger partial charge in [0.15, 0.2) is 0 Å². The Balaban J connectivity index is 1.92. The number of rotatable bonds is 3. The van der Waals surface area contributed by atoms with Gasteiger partial charge in [0.2, 0.25) is 0 Å². The van der Waals surface area contributed by atoms with Gasteiger partial charge < -0.3 is 4.57 Å². The number of hydrogen-bond acceptors (Lipinski definition) is 1. The highest BCUT2D eigenvalue weighted by Gasteiger charge is 2.14. The van der Waals surface area contributed by atoms with E-state index in [0.717, 1.165) is 37.5 Å². The third kappa shape index (κ3) is 2.85. The fourth-order valence-electron chi connectivity index (χ4n) is 2.88. The van der Waals surface area contributed by atoms with Crippen molar-refractivity contribution in [2.75, 3.05) is 0 Å². The van der Waals surface area contributed by atoms with Crippen LogP contribution in [0.4, 0.5) is 0 Å². The third-order valence-corrected chi connectivity index (χ3v) is 4.89. The van der Waals surface area contributed by atoms with Crippen molar-refractivity contribution in [3.63, 3.8) is 0 Å². The van der Waals surface area contributed by atoms with E-state index in [-0.39, 0.29) is 0 Å². The van der Waals surface area contributed by atoms with Crippen molar-refractivity contribution in [3.05, 3.63) is 87.9 Å². The molecule has 0 aliphatic rings. The molecule has 0 N–H and O–H groups in total. The van der Waals surface area contributed by atoms with E-state index in [1.807, 2.05) is 48.5 Å². The number of para-hydroxylation sites is 2. The molecule has 0 atom stereocenters. The monoisotopic (exact) mass is 396 g/mol. The Hall–Kier alpha value is -2.10. The minimum atomic E-state index is 0.683. The Morgan fingerprint density at radius 2 is 1.71 bits per heavy atom. The molecule has 4 aromatic rings. The Bertz CT molecular complexity index is 1020. The van der Waals surface area contributed by atoms with Crippen LogP contribution >= 0.6 is 27.5 Å². The molecule has 0 amide bonds. The zero-order valence-corrected chi connectivity index (χ0v) is 15.1. The molecule has 0 aliphatic carbocycles. The van der Waals surface area contributed by atoms with Crippen molar-refractivity contribution in [1.29, 1.82) is 0 Å². The van der Waals surface area contributed by atoms with Crippen LogP contribution in [0, 0.1) is 0 Å². The van der Waals surface area contributed by atoms with Gasteiger partial charge in [-0.05, 0) is 35.9 Å². The standard InChI is InChI=1S/C20H14BrClN2/c21-16-8-5-7-14(12-16)20-23-18-10-3-4-11-19(18)24(20)13-15-6-1-2-9-17(15)22/h1-12H,13H2. The summed E-state index contributed by atoms with van der Waals surface area (Å²) in [5.74, 6) is 0.942. The maximum atomic E-state index is 6.37. The number of benzene rings is 3. The SMILES string of the molecule is Clc1ccccc1Cn1c(-c2cccc(Br)c2)nc2ccccc21. The predicted octanol–water partition coefficient (Wildman–Crippen LogP) is 6.17. The lowest BCUT2D eigenvalue weighted by Gasteiger charge is -2.11. The van der Waals surface area contributed by atoms with E-state index in [2.05, 4.69) is 44.8 Å². The zero-order valence-electron chi connectivity index (χ0n) is 12.8. The average Bonchev–Trinajstić information content (AvgIpc) is 2.96. The molecular formula is C20H14BrClN2. The van der Waals surface area contributed by atoms with Crippen LogP contribution in [-0.2, 0) is 6.54 Å². The first-order valence-corrected chi connectivity index (χ1v) is 8.84. The van der Waals surface area contributed by atoms with E-state index < -0.39 is 0 Å². The lowest BCUT2D eigenvalue weighted by molar-refractivity contribution is 0.834. The second-order valence-electron chi connectivity index (χ2n) is 5.61. The van der Waals surface area contributed by atoms with Crippen LogP contribution in [0.5, 0.6) is 0 Å². The number of aromatic nitrogens is 2. The Morgan fingerprint density at radius 3 is 2.54 bits per heavy atom. The van der Waals surface area contributed by atoms with Gasteiger partial charge in [0.1, 0.15) is 5.82 Å². The second kappa shape index (κ2) is 6.42. The molecule has 0 radical (unpaired) electrons. The van der Waals surface area contributed by atoms with Crippen LogP contribution in [0.1, 0.15) is 5.56 Å². The van der Waals surface area contributed by atoms with Gasteiger partial charge in [-0.25, -0.2) is 4.98 Å². The molecular weight excluding hydrogens is 384 g/mol. The van der Waals surface area contributed by atoms with Crippen molar-refractivity contribution < 1.29 is 0 Å². The summed E-state index contributed by atoms with van der Waals surface area (Å²) in [6.07, 6.45) is 0. The molecule has 0 spiro atoms. The molecule has 4 rings (SSSR count). The molecule has 1 aromatic heterocycles. The van der Waals surface area contributed by atoms with Gasteiger partial charge in [-0.15, -0.1) is 0 Å². The number of hydrogen-bond donors (Lipinski definition) is 0. The topological polar surface area (TPSA) is 17.8 Å². The van der Waals surface area contributed by atoms with Crippen LogP contribution in [0.15, 0.2) is 77.3 Å². The first-order chi connectivity index (χ1) is 11.7. The second-order valence-corrected chi connectivity index (χ2v) is 6.93. The van der Waals surface area contributed by atoms with Gasteiger partial charge in [0.25, 0.3) is 0 Å². The highest BCUT2D eigenvalue weighted by molar-refractivity contribution is 9.10. The van der Waals surface area contributed by atoms with Crippen LogP contribution in [0.25, 0.3) is 22.4 Å². The maximum absolute atomic E-state index is 6.37. The van der Waals surface area contributed by atoms with Crippen LogP contribution < -0.4 is 0 Å². The smallest absolute Gasteiger partial charge is 0.141 e. The fraction of sp³-hybridized carbons (Fsp3) is 0.0500. The van der Waals surface area contributed by atoms with Crippen molar-refractivity contribution in [3.8, 4) is 11.4 Å². The zero-order chi connectivity index (χ0) is 16.5. The number of imidazole rings is 1. The summed E-state index contributed by atoms with van der Waals surface area (Å²) in [6, 6.07) is 24.4. The Kier molecular flexibility index (Phi) is 4.13. The largest absolute Gasteiger partial charge is 0.319 e. The van der Waals surface area contributed by atoms with Crippen molar-refractivity contribution in [2.24, 2.45) is 0 Å². The fourth-order valence-corrected chi connectivity index (χ4v) is 3.48. The van der Waals surface area contributed by atoms with E-state index in [0.29, 0.717) is 6.54 Å². The summed E-state index contributed by atoms with van der Waals surface area (Å²) in [7, 11) is 0. The number of fused-ring (bicyclic) bond motifs is 1. The molecule has 0 saturated heterocycles. The van der Waals surface area contributed by atoms with E-state index in [4.69, 9.17) is 16.6 Å². The molecule has 118 valence electrons. The normalized spacial score (nSPS) is 11.1. The highest BCUT2D eigenvalue weighted by atomic mass is 79.9. The summed E-state index contributed by atoms with van der Waals surface area (Å²) >= 11 is 9.92. The summed E-state index contributed by atoms with van der Waals surface area (Å²) in [5, 5.41) is 0.774. The Labute approximate surface area is 153 Å². The summed E-state index contributed by atoms with van der Waals surface area (Å²) in [4.78, 5) is 4.85. The van der Waals surface area contributed by atoms with E-state index in [9.17, 15) is 0 Å². The number of halogens is 2. The van der Waals surface area contributed by atoms with E-state index >= 15 is 0 Å². The van der Waals surface area contributed by atoms with Gasteiger partial charge in [-0.1, -0.05) is 70.0 Å². The first-order valence-electron chi connectivity index (χ1n) is 7.67. The van der Waals surface area contributed by atoms with Gasteiger partial charge in [0, 0.05) is 15.1 Å². The average molecular weight is 398 g/mol. The molecule has 2 nitrogen and oxygen atoms in total. The molecule has 4 heteroatoms. The molecule has 24 heavy (non-hydrogen) atoms. The lowest BCUT2D eigenvalue weighted by Crippen LogP contribution is -2.02. The molecule has 0 bridgehead atoms. The number of nitrogens with zero attached hydrogens (tertiary/aromatic N) is 2. The summed E-state index contributed by atoms with van der Waals surface area (Å²) in [6.45, 7) is 0.683. The first kappa shape index (κ1) is 15.4. The third-order valence-electron chi connectivity index (χ3n) is 4.02. The Morgan fingerprint density at radius 1 is 0.917 bits per heavy atom. The van der Waals surface area contributed by atoms with E-state index in [1.54, 1.807) is 0 Å². The molecule has 0 unspecified atom stereocenters. The van der Waals surface area contributed by atoms with Gasteiger partial charge in [0.05, 0.1) is 17.6 Å². The van der Waals surface area contributed by atoms with Gasteiger partial charge >= 0.3 is 0 Å². The minimum absolute atomic E-state index is 0.683. The maximum Gasteiger partial charge on any atom is 0.141 e. The molecule has 0 aliphatic heterocycles. The summed E-state index contributed by atoms with van der Waals surface area (Å²) in [5.41, 5.74) is 4.25. The van der Waals surface area contributed by atoms with Crippen LogP contribution in [-0.4, -0.2) is 9.55 Å². The molecule has 3 aromatic carbocycles. The van der Waals surface area contributed by atoms with Gasteiger partial charge in [-0.2, -0.15) is 0 Å². The molecule has 0 fully saturated rings. The van der Waals surface area contributed by atoms with Crippen molar-refractivity contribution in [2.45, 2.75) is 6.54 Å². The minimum Gasteiger partial charge on any atom is -0.319 e. The van der Waals surface area contributed by atoms with E-state index in [1.165, 1.54) is 0 Å². The molecule has 1 heterocycles. The summed E-state index contributed by atoms with van der Waals surface area (Å²) < 4.78 is 3.26. The highest BCUT2D eigenvalue weighted by Crippen LogP contribution is 2.28. The lowest BCUT2D eigenvalue weighted by atomic mass is 10.2. The molecule has 0 saturated carbocycles. The predicted molar refractivity (Wildman–Crippen MR) is 103 cm³/mol. The van der Waals surface area contributed by atoms with Crippen LogP contribution in [0.3, 0.4) is 0 Å². The van der Waals surface area contributed by atoms with Gasteiger partial charge in [-0.3, -0.25) is 0 Å². The van der Waals surface area contributed by atoms with Crippen molar-refractivity contribution >= 4 is 38.6 Å².